The van der Waals surface area contributed by atoms with Gasteiger partial charge in [0, 0.05) is 103 Å². The maximum Gasteiger partial charge on any atom is 0.472 e. The molecule has 3 fully saturated rings. The van der Waals surface area contributed by atoms with Gasteiger partial charge < -0.3 is 109 Å². The third kappa shape index (κ3) is 27.5. The number of aliphatic hydroxyl groups excluding tert-OH is 10. The summed E-state index contributed by atoms with van der Waals surface area (Å²) in [4.78, 5) is 64.7. The average molecular weight is 1280 g/mol. The molecule has 3 rings (SSSR count). The van der Waals surface area contributed by atoms with E-state index in [-0.39, 0.29) is 96.8 Å². The van der Waals surface area contributed by atoms with Crippen LogP contribution in [0.2, 0.25) is 0 Å². The average Bonchev–Trinajstić information content (AvgIpc) is 3.61. The molecule has 3 aliphatic heterocycles. The van der Waals surface area contributed by atoms with Crippen LogP contribution in [0, 0.1) is 17.8 Å². The molecule has 0 aromatic carbocycles. The minimum Gasteiger partial charge on any atom is -0.395 e. The third-order valence-electron chi connectivity index (χ3n) is 15.0. The van der Waals surface area contributed by atoms with Gasteiger partial charge in [-0.25, -0.2) is 9.13 Å². The smallest absolute Gasteiger partial charge is 0.395 e. The lowest BCUT2D eigenvalue weighted by molar-refractivity contribution is -0.282. The highest BCUT2D eigenvalue weighted by Gasteiger charge is 2.45. The molecule has 3 aliphatic rings. The van der Waals surface area contributed by atoms with Crippen LogP contribution in [0.4, 0.5) is 0 Å². The van der Waals surface area contributed by atoms with Crippen molar-refractivity contribution in [1.82, 2.24) is 14.7 Å². The Morgan fingerprint density at radius 2 is 0.671 bits per heavy atom. The SMILES string of the molecule is COCCN(CCOP(=O)(O)OCCN(CCOP(=O)(O)OCCN(CCO)C(=O)CCCCCO[C@@H]1OC(CO)[C@H](O)[C@H](O)C1C)C(=O)CCCCCO[C@@H]1OC(CO)[C@H](O)[C@H](O)C1C)C(=O)CCCCCO[C@@H]1OC(CO)[C@H](O)[C@H](O)C1C. The number of amides is 3. The van der Waals surface area contributed by atoms with E-state index in [1.54, 1.807) is 20.8 Å². The molecule has 500 valence electrons. The van der Waals surface area contributed by atoms with Crippen molar-refractivity contribution in [3.8, 4) is 0 Å². The van der Waals surface area contributed by atoms with Gasteiger partial charge in [-0.3, -0.25) is 32.5 Å². The molecule has 0 radical (unpaired) electrons. The van der Waals surface area contributed by atoms with Crippen LogP contribution < -0.4 is 0 Å². The highest BCUT2D eigenvalue weighted by Crippen LogP contribution is 2.44. The van der Waals surface area contributed by atoms with Crippen LogP contribution in [0.5, 0.6) is 0 Å². The standard InChI is InChI=1S/C52H99N3O28P2/c1-35-44(63)47(66)38(32-57)81-50(35)74-24-11-5-8-14-41(60)53(17-23-56)19-28-77-84(69,70)79-30-21-55(43(62)16-10-7-13-26-76-52-37(3)46(65)49(68)40(34-59)83-52)22-31-80-85(71,72)78-29-20-54(18-27-73-4)42(61)15-9-6-12-25-75-51-36(2)45(64)48(67)39(33-58)82-51/h35-40,44-52,56-59,63-68H,5-34H2,1-4H3,(H,69,70)(H,71,72)/t35?,36?,37?,38?,39?,40?,44-,45-,46-,47+,48+,49+,50-,51-,52-/m1/s1. The number of nitrogens with zero attached hydrogens (tertiary/aromatic N) is 3. The zero-order valence-electron chi connectivity index (χ0n) is 49.5. The molecule has 0 aromatic heterocycles. The highest BCUT2D eigenvalue weighted by molar-refractivity contribution is 7.47. The molecule has 0 aromatic rings. The first-order valence-corrected chi connectivity index (χ1v) is 32.3. The van der Waals surface area contributed by atoms with Crippen molar-refractivity contribution in [2.24, 2.45) is 17.8 Å². The second-order valence-electron chi connectivity index (χ2n) is 21.4. The normalized spacial score (nSPS) is 29.5. The first-order chi connectivity index (χ1) is 40.5. The van der Waals surface area contributed by atoms with Gasteiger partial charge in [0.1, 0.15) is 36.6 Å². The number of ether oxygens (including phenoxy) is 7. The number of phosphoric acid groups is 2. The van der Waals surface area contributed by atoms with Gasteiger partial charge in [0.25, 0.3) is 0 Å². The van der Waals surface area contributed by atoms with Crippen molar-refractivity contribution in [2.75, 3.05) is 126 Å². The number of rotatable bonds is 45. The molecular formula is C52H99N3O28P2. The summed E-state index contributed by atoms with van der Waals surface area (Å²) in [6.45, 7) is 0.943. The predicted molar refractivity (Wildman–Crippen MR) is 296 cm³/mol. The zero-order chi connectivity index (χ0) is 63.1. The van der Waals surface area contributed by atoms with Gasteiger partial charge in [0.05, 0.1) is 77.8 Å². The number of aliphatic hydroxyl groups is 10. The Morgan fingerprint density at radius 1 is 0.400 bits per heavy atom. The second-order valence-corrected chi connectivity index (χ2v) is 24.3. The Balaban J connectivity index is 1.48. The number of methoxy groups -OCH3 is 1. The van der Waals surface area contributed by atoms with Crippen LogP contribution in [0.3, 0.4) is 0 Å². The van der Waals surface area contributed by atoms with E-state index in [1.807, 2.05) is 0 Å². The van der Waals surface area contributed by atoms with E-state index in [0.717, 1.165) is 0 Å². The van der Waals surface area contributed by atoms with Crippen molar-refractivity contribution in [3.63, 3.8) is 0 Å². The molecule has 17 atom stereocenters. The quantitative estimate of drug-likeness (QED) is 0.0240. The molecule has 3 saturated heterocycles. The lowest BCUT2D eigenvalue weighted by Gasteiger charge is -2.40. The summed E-state index contributed by atoms with van der Waals surface area (Å²) in [5.74, 6) is -2.82. The minimum atomic E-state index is -4.80. The molecule has 0 spiro atoms. The number of hydrogen-bond acceptors (Lipinski definition) is 26. The summed E-state index contributed by atoms with van der Waals surface area (Å²) in [5, 5.41) is 99.1. The number of carbonyl (C=O) groups excluding carboxylic acids is 3. The van der Waals surface area contributed by atoms with Crippen LogP contribution in [0.1, 0.15) is 97.8 Å². The van der Waals surface area contributed by atoms with Gasteiger partial charge in [-0.1, -0.05) is 40.0 Å². The van der Waals surface area contributed by atoms with Gasteiger partial charge in [0.15, 0.2) is 18.9 Å². The van der Waals surface area contributed by atoms with Gasteiger partial charge in [0.2, 0.25) is 17.7 Å². The van der Waals surface area contributed by atoms with E-state index in [9.17, 15) is 84.4 Å². The maximum atomic E-state index is 13.6. The van der Waals surface area contributed by atoms with Crippen LogP contribution in [0.15, 0.2) is 0 Å². The van der Waals surface area contributed by atoms with E-state index in [0.29, 0.717) is 57.8 Å². The van der Waals surface area contributed by atoms with Gasteiger partial charge in [-0.2, -0.15) is 0 Å². The fourth-order valence-electron chi connectivity index (χ4n) is 9.52. The molecule has 3 amide bonds. The summed E-state index contributed by atoms with van der Waals surface area (Å²) in [7, 11) is -8.13. The van der Waals surface area contributed by atoms with Crippen molar-refractivity contribution in [3.05, 3.63) is 0 Å². The summed E-state index contributed by atoms with van der Waals surface area (Å²) in [6.07, 6.45) is -8.40. The minimum absolute atomic E-state index is 0.0510. The second kappa shape index (κ2) is 41.4. The number of unbranched alkanes of at least 4 members (excludes halogenated alkanes) is 6. The summed E-state index contributed by atoms with van der Waals surface area (Å²) >= 11 is 0. The van der Waals surface area contributed by atoms with E-state index < -0.39 is 166 Å². The molecule has 33 heteroatoms. The van der Waals surface area contributed by atoms with E-state index in [1.165, 1.54) is 21.8 Å². The zero-order valence-corrected chi connectivity index (χ0v) is 51.3. The molecule has 3 heterocycles. The lowest BCUT2D eigenvalue weighted by Crippen LogP contribution is -2.55. The topological polar surface area (TPSA) is 439 Å². The Kier molecular flexibility index (Phi) is 37.6. The fraction of sp³-hybridized carbons (Fsp3) is 0.942. The maximum absolute atomic E-state index is 13.6. The van der Waals surface area contributed by atoms with E-state index in [2.05, 4.69) is 0 Å². The molecule has 12 N–H and O–H groups in total. The molecule has 85 heavy (non-hydrogen) atoms. The van der Waals surface area contributed by atoms with Crippen molar-refractivity contribution in [2.45, 2.75) is 172 Å². The number of hydrogen-bond donors (Lipinski definition) is 12. The number of phosphoric ester groups is 2. The molecule has 8 unspecified atom stereocenters. The van der Waals surface area contributed by atoms with Crippen LogP contribution in [-0.2, 0) is 74.8 Å². The Morgan fingerprint density at radius 3 is 0.929 bits per heavy atom. The van der Waals surface area contributed by atoms with Crippen molar-refractivity contribution >= 4 is 33.4 Å². The highest BCUT2D eigenvalue weighted by atomic mass is 31.2. The van der Waals surface area contributed by atoms with Crippen LogP contribution in [-0.4, -0.2) is 293 Å². The first kappa shape index (κ1) is 77.2. The number of carbonyl (C=O) groups is 3. The molecule has 31 nitrogen and oxygen atoms in total. The van der Waals surface area contributed by atoms with Crippen molar-refractivity contribution in [1.29, 1.82) is 0 Å². The van der Waals surface area contributed by atoms with Gasteiger partial charge >= 0.3 is 15.6 Å². The van der Waals surface area contributed by atoms with Gasteiger partial charge in [-0.05, 0) is 38.5 Å². The van der Waals surface area contributed by atoms with Crippen LogP contribution in [0.25, 0.3) is 0 Å². The molecular weight excluding hydrogens is 1180 g/mol. The third-order valence-corrected chi connectivity index (χ3v) is 17.0. The Hall–Kier alpha value is -2.05. The first-order valence-electron chi connectivity index (χ1n) is 29.3. The van der Waals surface area contributed by atoms with Gasteiger partial charge in [-0.15, -0.1) is 0 Å². The van der Waals surface area contributed by atoms with Crippen molar-refractivity contribution < 1.29 is 136 Å². The molecule has 0 bridgehead atoms. The Bertz CT molecular complexity index is 1950. The lowest BCUT2D eigenvalue weighted by atomic mass is 9.92. The fourth-order valence-corrected chi connectivity index (χ4v) is 10.9. The van der Waals surface area contributed by atoms with E-state index in [4.69, 9.17) is 51.3 Å². The molecule has 0 aliphatic carbocycles. The predicted octanol–water partition coefficient (Wildman–Crippen LogP) is -1.67. The molecule has 0 saturated carbocycles. The summed E-state index contributed by atoms with van der Waals surface area (Å²) in [5.41, 5.74) is 0. The largest absolute Gasteiger partial charge is 0.472 e. The summed E-state index contributed by atoms with van der Waals surface area (Å²) in [6, 6.07) is 0. The Labute approximate surface area is 497 Å². The monoisotopic (exact) mass is 1280 g/mol. The van der Waals surface area contributed by atoms with Crippen LogP contribution >= 0.6 is 15.6 Å². The summed E-state index contributed by atoms with van der Waals surface area (Å²) < 4.78 is 85.7. The van der Waals surface area contributed by atoms with E-state index >= 15 is 0 Å².